The van der Waals surface area contributed by atoms with E-state index in [-0.39, 0.29) is 18.5 Å². The molecule has 1 saturated heterocycles. The molecule has 2 rings (SSSR count). The number of hydrogen-bond acceptors (Lipinski definition) is 5. The van der Waals surface area contributed by atoms with E-state index < -0.39 is 33.9 Å². The smallest absolute Gasteiger partial charge is 0.322 e. The van der Waals surface area contributed by atoms with Crippen molar-refractivity contribution < 1.29 is 23.4 Å². The molecule has 0 aromatic heterocycles. The minimum absolute atomic E-state index is 0.130. The lowest BCUT2D eigenvalue weighted by Gasteiger charge is -2.20. The van der Waals surface area contributed by atoms with Crippen LogP contribution in [0.5, 0.6) is 0 Å². The fraction of sp³-hybridized carbons (Fsp3) is 0.385. The number of rotatable bonds is 4. The van der Waals surface area contributed by atoms with Gasteiger partial charge in [0.15, 0.2) is 0 Å². The summed E-state index contributed by atoms with van der Waals surface area (Å²) in [7, 11) is -3.93. The summed E-state index contributed by atoms with van der Waals surface area (Å²) in [5.41, 5.74) is 0.540. The summed E-state index contributed by atoms with van der Waals surface area (Å²) in [5.74, 6) is -1.75. The van der Waals surface area contributed by atoms with E-state index in [0.29, 0.717) is 5.56 Å². The number of aliphatic carboxylic acids is 1. The molecular weight excluding hydrogens is 296 g/mol. The molecule has 1 aromatic carbocycles. The number of β-amino-alcohol motifs (C(OH)–C–C–N with tert-alkyl or cyclic N) is 1. The van der Waals surface area contributed by atoms with Crippen LogP contribution in [0.3, 0.4) is 0 Å². The molecule has 2 N–H and O–H groups in total. The summed E-state index contributed by atoms with van der Waals surface area (Å²) in [6, 6.07) is 6.88. The van der Waals surface area contributed by atoms with E-state index in [2.05, 4.69) is 0 Å². The Morgan fingerprint density at radius 1 is 1.43 bits per heavy atom. The van der Waals surface area contributed by atoms with Gasteiger partial charge in [0, 0.05) is 13.0 Å². The number of nitrogens with zero attached hydrogens (tertiary/aromatic N) is 2. The molecule has 2 atom stereocenters. The van der Waals surface area contributed by atoms with Gasteiger partial charge in [0.1, 0.15) is 6.04 Å². The lowest BCUT2D eigenvalue weighted by molar-refractivity contribution is -0.140. The van der Waals surface area contributed by atoms with Crippen LogP contribution < -0.4 is 0 Å². The minimum atomic E-state index is -3.93. The second kappa shape index (κ2) is 5.81. The maximum absolute atomic E-state index is 12.4. The van der Waals surface area contributed by atoms with Gasteiger partial charge in [-0.25, -0.2) is 8.42 Å². The zero-order valence-corrected chi connectivity index (χ0v) is 11.8. The van der Waals surface area contributed by atoms with Crippen molar-refractivity contribution in [2.45, 2.75) is 24.3 Å². The topological polar surface area (TPSA) is 119 Å². The molecule has 1 heterocycles. The third-order valence-electron chi connectivity index (χ3n) is 3.35. The molecule has 0 saturated carbocycles. The molecular formula is C13H14N2O5S. The van der Waals surface area contributed by atoms with Crippen molar-refractivity contribution in [3.8, 4) is 6.07 Å². The quantitative estimate of drug-likeness (QED) is 0.802. The van der Waals surface area contributed by atoms with E-state index >= 15 is 0 Å². The number of aliphatic hydroxyl groups excluding tert-OH is 1. The Morgan fingerprint density at radius 3 is 2.71 bits per heavy atom. The van der Waals surface area contributed by atoms with Crippen molar-refractivity contribution in [1.82, 2.24) is 4.31 Å². The molecule has 0 radical (unpaired) electrons. The second-order valence-electron chi connectivity index (χ2n) is 4.84. The summed E-state index contributed by atoms with van der Waals surface area (Å²) in [6.45, 7) is -0.242. The van der Waals surface area contributed by atoms with Crippen LogP contribution in [0, 0.1) is 11.3 Å². The van der Waals surface area contributed by atoms with E-state index in [9.17, 15) is 18.3 Å². The number of aliphatic hydroxyl groups is 1. The van der Waals surface area contributed by atoms with Crippen LogP contribution in [0.1, 0.15) is 17.5 Å². The summed E-state index contributed by atoms with van der Waals surface area (Å²) < 4.78 is 25.5. The number of nitriles is 1. The van der Waals surface area contributed by atoms with Crippen LogP contribution >= 0.6 is 0 Å². The maximum atomic E-state index is 12.4. The van der Waals surface area contributed by atoms with E-state index in [1.807, 2.05) is 6.07 Å². The highest BCUT2D eigenvalue weighted by Crippen LogP contribution is 2.25. The molecule has 112 valence electrons. The van der Waals surface area contributed by atoms with Gasteiger partial charge in [0.2, 0.25) is 10.0 Å². The molecule has 21 heavy (non-hydrogen) atoms. The predicted octanol–water partition coefficient (Wildman–Crippen LogP) is -0.0921. The van der Waals surface area contributed by atoms with E-state index in [1.54, 1.807) is 12.1 Å². The first-order valence-electron chi connectivity index (χ1n) is 6.23. The second-order valence-corrected chi connectivity index (χ2v) is 6.76. The molecule has 7 nitrogen and oxygen atoms in total. The van der Waals surface area contributed by atoms with Gasteiger partial charge >= 0.3 is 5.97 Å². The van der Waals surface area contributed by atoms with Gasteiger partial charge in [-0.05, 0) is 11.6 Å². The van der Waals surface area contributed by atoms with Crippen molar-refractivity contribution in [2.24, 2.45) is 0 Å². The SMILES string of the molecule is N#Cc1ccccc1CS(=O)(=O)N1C[C@@H](O)C[C@H]1C(=O)O. The van der Waals surface area contributed by atoms with Crippen molar-refractivity contribution in [3.05, 3.63) is 35.4 Å². The van der Waals surface area contributed by atoms with Crippen molar-refractivity contribution in [2.75, 3.05) is 6.54 Å². The maximum Gasteiger partial charge on any atom is 0.322 e. The summed E-state index contributed by atoms with van der Waals surface area (Å²) in [5, 5.41) is 27.6. The van der Waals surface area contributed by atoms with Gasteiger partial charge in [0.05, 0.1) is 23.5 Å². The fourth-order valence-electron chi connectivity index (χ4n) is 2.35. The lowest BCUT2D eigenvalue weighted by Crippen LogP contribution is -2.41. The Hall–Kier alpha value is -1.95. The fourth-order valence-corrected chi connectivity index (χ4v) is 4.12. The van der Waals surface area contributed by atoms with Crippen LogP contribution in [0.4, 0.5) is 0 Å². The first-order chi connectivity index (χ1) is 9.85. The normalized spacial score (nSPS) is 22.9. The number of benzene rings is 1. The Morgan fingerprint density at radius 2 is 2.10 bits per heavy atom. The molecule has 0 aliphatic carbocycles. The van der Waals surface area contributed by atoms with E-state index in [1.165, 1.54) is 12.1 Å². The van der Waals surface area contributed by atoms with Crippen molar-refractivity contribution >= 4 is 16.0 Å². The first-order valence-corrected chi connectivity index (χ1v) is 7.84. The highest BCUT2D eigenvalue weighted by molar-refractivity contribution is 7.88. The molecule has 0 spiro atoms. The third-order valence-corrected chi connectivity index (χ3v) is 5.15. The summed E-state index contributed by atoms with van der Waals surface area (Å²) >= 11 is 0. The molecule has 1 aromatic rings. The molecule has 8 heteroatoms. The van der Waals surface area contributed by atoms with Gasteiger partial charge in [-0.15, -0.1) is 0 Å². The van der Waals surface area contributed by atoms with Crippen LogP contribution in [-0.4, -0.2) is 47.6 Å². The van der Waals surface area contributed by atoms with Gasteiger partial charge in [-0.2, -0.15) is 9.57 Å². The first kappa shape index (κ1) is 15.4. The third kappa shape index (κ3) is 3.21. The number of sulfonamides is 1. The van der Waals surface area contributed by atoms with Crippen LogP contribution in [0.25, 0.3) is 0 Å². The van der Waals surface area contributed by atoms with Crippen LogP contribution in [0.15, 0.2) is 24.3 Å². The number of carbonyl (C=O) groups is 1. The highest BCUT2D eigenvalue weighted by Gasteiger charge is 2.42. The monoisotopic (exact) mass is 310 g/mol. The van der Waals surface area contributed by atoms with Crippen LogP contribution in [-0.2, 0) is 20.6 Å². The molecule has 0 unspecified atom stereocenters. The zero-order valence-electron chi connectivity index (χ0n) is 11.0. The average molecular weight is 310 g/mol. The Labute approximate surface area is 122 Å². The van der Waals surface area contributed by atoms with E-state index in [0.717, 1.165) is 4.31 Å². The number of hydrogen-bond donors (Lipinski definition) is 2. The molecule has 0 bridgehead atoms. The molecule has 0 amide bonds. The number of carboxylic acids is 1. The minimum Gasteiger partial charge on any atom is -0.480 e. The van der Waals surface area contributed by atoms with Crippen molar-refractivity contribution in [1.29, 1.82) is 5.26 Å². The summed E-state index contributed by atoms with van der Waals surface area (Å²) in [6.07, 6.45) is -1.12. The number of carboxylic acid groups (broad SMARTS) is 1. The zero-order chi connectivity index (χ0) is 15.6. The lowest BCUT2D eigenvalue weighted by atomic mass is 10.1. The Balaban J connectivity index is 2.30. The Bertz CT molecular complexity index is 695. The van der Waals surface area contributed by atoms with Crippen molar-refractivity contribution in [3.63, 3.8) is 0 Å². The summed E-state index contributed by atoms with van der Waals surface area (Å²) in [4.78, 5) is 11.1. The highest BCUT2D eigenvalue weighted by atomic mass is 32.2. The van der Waals surface area contributed by atoms with Gasteiger partial charge in [0.25, 0.3) is 0 Å². The molecule has 1 aliphatic rings. The van der Waals surface area contributed by atoms with Gasteiger partial charge < -0.3 is 10.2 Å². The van der Waals surface area contributed by atoms with Gasteiger partial charge in [-0.1, -0.05) is 18.2 Å². The Kier molecular flexibility index (Phi) is 4.27. The largest absolute Gasteiger partial charge is 0.480 e. The molecule has 1 fully saturated rings. The van der Waals surface area contributed by atoms with Crippen LogP contribution in [0.2, 0.25) is 0 Å². The average Bonchev–Trinajstić information content (AvgIpc) is 2.82. The van der Waals surface area contributed by atoms with Gasteiger partial charge in [-0.3, -0.25) is 4.79 Å². The molecule has 1 aliphatic heterocycles. The standard InChI is InChI=1S/C13H14N2O5S/c14-6-9-3-1-2-4-10(9)8-21(19,20)15-7-11(16)5-12(15)13(17)18/h1-4,11-12,16H,5,7-8H2,(H,17,18)/t11-,12-/m0/s1. The predicted molar refractivity (Wildman–Crippen MR) is 72.5 cm³/mol. The van der Waals surface area contributed by atoms with E-state index in [4.69, 9.17) is 10.4 Å².